The number of hydrogen-bond acceptors (Lipinski definition) is 6. The van der Waals surface area contributed by atoms with Crippen LogP contribution < -0.4 is 5.01 Å². The molecule has 0 aromatic heterocycles. The molecule has 0 bridgehead atoms. The minimum atomic E-state index is -4.58. The summed E-state index contributed by atoms with van der Waals surface area (Å²) in [6.07, 6.45) is -3.58. The minimum absolute atomic E-state index is 0.0538. The monoisotopic (exact) mass is 469 g/mol. The fourth-order valence-corrected chi connectivity index (χ4v) is 4.20. The third kappa shape index (κ3) is 5.10. The fraction of sp³-hybridized carbons (Fsp3) is 0.333. The normalized spacial score (nSPS) is 16.7. The van der Waals surface area contributed by atoms with Crippen molar-refractivity contribution in [2.45, 2.75) is 43.3 Å². The average molecular weight is 469 g/mol. The summed E-state index contributed by atoms with van der Waals surface area (Å²) in [7, 11) is -4.25. The van der Waals surface area contributed by atoms with Gasteiger partial charge in [-0.25, -0.2) is 0 Å². The molecule has 0 saturated carbocycles. The summed E-state index contributed by atoms with van der Waals surface area (Å²) in [5.74, 6) is 0. The first-order valence-corrected chi connectivity index (χ1v) is 11.3. The molecule has 1 heterocycles. The molecule has 2 aromatic carbocycles. The number of rotatable bonds is 9. The molecular weight excluding hydrogens is 447 g/mol. The van der Waals surface area contributed by atoms with E-state index in [0.717, 1.165) is 6.42 Å². The summed E-state index contributed by atoms with van der Waals surface area (Å²) in [6, 6.07) is 12.9. The maximum Gasteiger partial charge on any atom is 0.431 e. The highest BCUT2D eigenvalue weighted by Crippen LogP contribution is 2.39. The third-order valence-electron chi connectivity index (χ3n) is 4.86. The Balaban J connectivity index is 1.88. The number of hydrazone groups is 1. The van der Waals surface area contributed by atoms with Crippen LogP contribution >= 0.6 is 0 Å². The van der Waals surface area contributed by atoms with Crippen LogP contribution in [0.3, 0.4) is 0 Å². The molecule has 0 saturated heterocycles. The van der Waals surface area contributed by atoms with Gasteiger partial charge in [-0.1, -0.05) is 43.7 Å². The smallest absolute Gasteiger partial charge is 0.275 e. The summed E-state index contributed by atoms with van der Waals surface area (Å²) in [5, 5.41) is 5.05. The lowest BCUT2D eigenvalue weighted by Crippen LogP contribution is -2.30. The Bertz CT molecular complexity index is 1060. The molecule has 0 aliphatic carbocycles. The first kappa shape index (κ1) is 23.7. The lowest BCUT2D eigenvalue weighted by atomic mass is 10.0. The summed E-state index contributed by atoms with van der Waals surface area (Å²) in [4.78, 5) is 16.0. The van der Waals surface area contributed by atoms with Crippen molar-refractivity contribution >= 4 is 27.8 Å². The van der Waals surface area contributed by atoms with E-state index in [9.17, 15) is 26.4 Å². The molecule has 0 fully saturated rings. The maximum atomic E-state index is 13.3. The van der Waals surface area contributed by atoms with Crippen molar-refractivity contribution < 1.29 is 31.2 Å². The topological polar surface area (TPSA) is 79.3 Å². The van der Waals surface area contributed by atoms with Crippen molar-refractivity contribution in [1.82, 2.24) is 4.47 Å². The van der Waals surface area contributed by atoms with Gasteiger partial charge < -0.3 is 0 Å². The molecule has 7 nitrogen and oxygen atoms in total. The molecule has 1 unspecified atom stereocenters. The Morgan fingerprint density at radius 2 is 1.81 bits per heavy atom. The molecule has 0 radical (unpaired) electrons. The van der Waals surface area contributed by atoms with Crippen LogP contribution in [-0.2, 0) is 19.7 Å². The van der Waals surface area contributed by atoms with E-state index in [1.807, 2.05) is 6.92 Å². The summed E-state index contributed by atoms with van der Waals surface area (Å²) in [6.45, 7) is 1.94. The van der Waals surface area contributed by atoms with Crippen LogP contribution in [0.2, 0.25) is 0 Å². The third-order valence-corrected chi connectivity index (χ3v) is 6.39. The number of carbonyl (C=O) groups is 1. The fourth-order valence-electron chi connectivity index (χ4n) is 3.18. The number of para-hydroxylation sites is 1. The van der Waals surface area contributed by atoms with E-state index in [2.05, 4.69) is 5.10 Å². The van der Waals surface area contributed by atoms with E-state index in [1.54, 1.807) is 30.3 Å². The summed E-state index contributed by atoms with van der Waals surface area (Å²) < 4.78 is 65.5. The number of anilines is 1. The van der Waals surface area contributed by atoms with Gasteiger partial charge in [0.05, 0.1) is 23.2 Å². The van der Waals surface area contributed by atoms with Crippen molar-refractivity contribution in [3.05, 3.63) is 60.2 Å². The Kier molecular flexibility index (Phi) is 7.19. The molecule has 1 aliphatic rings. The number of carbonyl (C=O) groups excluding carboxylic acids is 1. The number of benzene rings is 2. The second-order valence-electron chi connectivity index (χ2n) is 7.07. The number of sulfonamides is 1. The largest absolute Gasteiger partial charge is 0.431 e. The molecule has 32 heavy (non-hydrogen) atoms. The van der Waals surface area contributed by atoms with Crippen LogP contribution in [0.4, 0.5) is 18.9 Å². The molecule has 1 amide bonds. The first-order chi connectivity index (χ1) is 15.2. The number of amides is 1. The van der Waals surface area contributed by atoms with Crippen LogP contribution in [0, 0.1) is 0 Å². The van der Waals surface area contributed by atoms with Crippen molar-refractivity contribution in [3.8, 4) is 0 Å². The van der Waals surface area contributed by atoms with E-state index in [1.165, 1.54) is 29.3 Å². The molecule has 172 valence electrons. The van der Waals surface area contributed by atoms with Gasteiger partial charge in [0.1, 0.15) is 5.71 Å². The molecule has 2 aromatic rings. The molecule has 1 aliphatic heterocycles. The lowest BCUT2D eigenvalue weighted by molar-refractivity contribution is -0.144. The Labute approximate surface area is 184 Å². The SMILES string of the molecule is CCCCON(C=O)S(=O)(=O)c1ccc(C2CC(C(F)(F)F)=NN2c2ccccc2)cc1. The molecule has 11 heteroatoms. The zero-order valence-corrected chi connectivity index (χ0v) is 18.0. The second-order valence-corrected chi connectivity index (χ2v) is 8.85. The zero-order chi connectivity index (χ0) is 23.4. The number of hydrogen-bond donors (Lipinski definition) is 0. The van der Waals surface area contributed by atoms with Crippen LogP contribution in [0.5, 0.6) is 0 Å². The van der Waals surface area contributed by atoms with Gasteiger partial charge in [0, 0.05) is 6.42 Å². The van der Waals surface area contributed by atoms with E-state index in [-0.39, 0.29) is 28.8 Å². The molecular formula is C21H22F3N3O4S. The number of alkyl halides is 3. The van der Waals surface area contributed by atoms with Crippen LogP contribution in [0.25, 0.3) is 0 Å². The first-order valence-electron chi connectivity index (χ1n) is 9.90. The van der Waals surface area contributed by atoms with E-state index >= 15 is 0 Å². The van der Waals surface area contributed by atoms with Gasteiger partial charge in [-0.05, 0) is 36.2 Å². The number of halogens is 3. The van der Waals surface area contributed by atoms with Gasteiger partial charge in [-0.2, -0.15) is 26.7 Å². The van der Waals surface area contributed by atoms with Crippen molar-refractivity contribution in [2.24, 2.45) is 5.10 Å². The Morgan fingerprint density at radius 1 is 1.16 bits per heavy atom. The number of unbranched alkanes of at least 4 members (excludes halogenated alkanes) is 1. The van der Waals surface area contributed by atoms with Gasteiger partial charge in [-0.15, -0.1) is 4.47 Å². The van der Waals surface area contributed by atoms with E-state index in [0.29, 0.717) is 17.7 Å². The second kappa shape index (κ2) is 9.70. The van der Waals surface area contributed by atoms with Crippen molar-refractivity contribution in [2.75, 3.05) is 11.6 Å². The van der Waals surface area contributed by atoms with Crippen molar-refractivity contribution in [3.63, 3.8) is 0 Å². The van der Waals surface area contributed by atoms with Crippen LogP contribution in [0.15, 0.2) is 64.6 Å². The van der Waals surface area contributed by atoms with Gasteiger partial charge in [0.15, 0.2) is 0 Å². The molecule has 0 spiro atoms. The molecule has 0 N–H and O–H groups in total. The van der Waals surface area contributed by atoms with Gasteiger partial charge in [0.2, 0.25) is 6.41 Å². The van der Waals surface area contributed by atoms with E-state index in [4.69, 9.17) is 4.84 Å². The standard InChI is InChI=1S/C21H22F3N3O4S/c1-2-3-13-31-26(15-28)32(29,30)18-11-9-16(10-12-18)19-14-20(21(22,23)24)25-27(19)17-7-5-4-6-8-17/h4-12,15,19H,2-3,13-14H2,1H3. The predicted octanol–water partition coefficient (Wildman–Crippen LogP) is 4.44. The maximum absolute atomic E-state index is 13.3. The van der Waals surface area contributed by atoms with Gasteiger partial charge >= 0.3 is 6.18 Å². The number of hydroxylamine groups is 1. The van der Waals surface area contributed by atoms with Gasteiger partial charge in [-0.3, -0.25) is 14.6 Å². The van der Waals surface area contributed by atoms with Gasteiger partial charge in [0.25, 0.3) is 10.0 Å². The van der Waals surface area contributed by atoms with Crippen LogP contribution in [-0.4, -0.2) is 37.8 Å². The Morgan fingerprint density at radius 3 is 2.38 bits per heavy atom. The number of nitrogens with zero attached hydrogens (tertiary/aromatic N) is 3. The van der Waals surface area contributed by atoms with Crippen molar-refractivity contribution in [1.29, 1.82) is 0 Å². The molecule has 1 atom stereocenters. The quantitative estimate of drug-likeness (QED) is 0.308. The van der Waals surface area contributed by atoms with Crippen LogP contribution in [0.1, 0.15) is 37.8 Å². The van der Waals surface area contributed by atoms with E-state index < -0.39 is 28.0 Å². The highest BCUT2D eigenvalue weighted by atomic mass is 32.2. The zero-order valence-electron chi connectivity index (χ0n) is 17.2. The highest BCUT2D eigenvalue weighted by Gasteiger charge is 2.43. The predicted molar refractivity (Wildman–Crippen MR) is 112 cm³/mol. The summed E-state index contributed by atoms with van der Waals surface area (Å²) >= 11 is 0. The lowest BCUT2D eigenvalue weighted by Gasteiger charge is -2.24. The Hall–Kier alpha value is -2.92. The molecule has 3 rings (SSSR count). The minimum Gasteiger partial charge on any atom is -0.275 e. The highest BCUT2D eigenvalue weighted by molar-refractivity contribution is 7.89. The average Bonchev–Trinajstić information content (AvgIpc) is 3.23. The summed E-state index contributed by atoms with van der Waals surface area (Å²) in [5.41, 5.74) is 0.00441.